The Labute approximate surface area is 229 Å². The van der Waals surface area contributed by atoms with Crippen molar-refractivity contribution in [3.8, 4) is 5.75 Å². The summed E-state index contributed by atoms with van der Waals surface area (Å²) in [5.74, 6) is -2.28. The van der Waals surface area contributed by atoms with Gasteiger partial charge in [0.2, 0.25) is 17.7 Å². The minimum atomic E-state index is -4.55. The number of halogens is 3. The van der Waals surface area contributed by atoms with Gasteiger partial charge in [-0.25, -0.2) is 0 Å². The number of nitrogens with one attached hydrogen (secondary N) is 4. The van der Waals surface area contributed by atoms with Crippen molar-refractivity contribution in [3.63, 3.8) is 0 Å². The second-order valence-corrected chi connectivity index (χ2v) is 9.61. The first-order valence-corrected chi connectivity index (χ1v) is 12.9. The highest BCUT2D eigenvalue weighted by Crippen LogP contribution is 2.27. The molecule has 0 spiro atoms. The van der Waals surface area contributed by atoms with Gasteiger partial charge in [-0.2, -0.15) is 18.3 Å². The highest BCUT2D eigenvalue weighted by Gasteiger charge is 2.33. The molecule has 1 aliphatic rings. The molecule has 0 radical (unpaired) electrons. The Morgan fingerprint density at radius 2 is 1.93 bits per heavy atom. The Balaban J connectivity index is 1.72. The molecule has 218 valence electrons. The lowest BCUT2D eigenvalue weighted by atomic mass is 10.0. The molecule has 4 amide bonds. The first-order valence-electron chi connectivity index (χ1n) is 12.9. The van der Waals surface area contributed by atoms with E-state index in [0.29, 0.717) is 13.0 Å². The smallest absolute Gasteiger partial charge is 0.435 e. The molecule has 2 heterocycles. The Hall–Kier alpha value is -4.10. The summed E-state index contributed by atoms with van der Waals surface area (Å²) < 4.78 is 45.1. The van der Waals surface area contributed by atoms with Gasteiger partial charge in [0.25, 0.3) is 5.91 Å². The summed E-state index contributed by atoms with van der Waals surface area (Å²) in [6.07, 6.45) is -3.12. The number of benzene rings is 1. The predicted octanol–water partition coefficient (Wildman–Crippen LogP) is 1.64. The van der Waals surface area contributed by atoms with E-state index in [9.17, 15) is 32.3 Å². The molecular weight excluding hydrogens is 533 g/mol. The van der Waals surface area contributed by atoms with Crippen LogP contribution in [0.3, 0.4) is 0 Å². The van der Waals surface area contributed by atoms with Crippen molar-refractivity contribution >= 4 is 23.6 Å². The number of amides is 4. The molecule has 2 aromatic rings. The van der Waals surface area contributed by atoms with Crippen LogP contribution >= 0.6 is 0 Å². The van der Waals surface area contributed by atoms with Gasteiger partial charge in [-0.3, -0.25) is 23.9 Å². The van der Waals surface area contributed by atoms with E-state index in [1.165, 1.54) is 12.3 Å². The van der Waals surface area contributed by atoms with E-state index in [1.54, 1.807) is 32.0 Å². The number of aromatic nitrogens is 2. The number of hydrogen-bond acceptors (Lipinski definition) is 6. The molecule has 0 unspecified atom stereocenters. The lowest BCUT2D eigenvalue weighted by Gasteiger charge is -2.23. The van der Waals surface area contributed by atoms with Crippen molar-refractivity contribution in [1.82, 2.24) is 31.0 Å². The number of alkyl halides is 3. The van der Waals surface area contributed by atoms with Crippen LogP contribution in [-0.2, 0) is 27.1 Å². The Morgan fingerprint density at radius 1 is 1.18 bits per heavy atom. The standard InChI is InChI=1S/C26H33F3N6O5/c1-16(2)22-25(39)31-11-6-14-40-19-8-4-3-7-17(19)23(37)32-18(15-21(36)33-22)24(38)30-10-5-12-35-13-9-20(34-35)26(27,28)29/h3-4,7-9,13,16,18,22H,5-6,10-12,14-15H2,1-2H3,(H,30,38)(H,31,39)(H,32,37)(H,33,36)/t18-,22+/m0/s1. The van der Waals surface area contributed by atoms with E-state index in [4.69, 9.17) is 4.74 Å². The van der Waals surface area contributed by atoms with Crippen LogP contribution in [0.4, 0.5) is 13.2 Å². The monoisotopic (exact) mass is 566 g/mol. The molecule has 0 aliphatic carbocycles. The average molecular weight is 567 g/mol. The molecular formula is C26H33F3N6O5. The third kappa shape index (κ3) is 8.71. The number of carbonyl (C=O) groups excluding carboxylic acids is 4. The molecule has 11 nitrogen and oxygen atoms in total. The van der Waals surface area contributed by atoms with Gasteiger partial charge in [0.05, 0.1) is 18.6 Å². The van der Waals surface area contributed by atoms with Crippen molar-refractivity contribution < 1.29 is 37.1 Å². The second-order valence-electron chi connectivity index (χ2n) is 9.61. The van der Waals surface area contributed by atoms with Crippen LogP contribution in [0.2, 0.25) is 0 Å². The lowest BCUT2D eigenvalue weighted by Crippen LogP contribution is -2.53. The van der Waals surface area contributed by atoms with Crippen LogP contribution in [0.5, 0.6) is 5.75 Å². The number of carbonyl (C=O) groups is 4. The zero-order chi connectivity index (χ0) is 29.3. The summed E-state index contributed by atoms with van der Waals surface area (Å²) in [4.78, 5) is 51.7. The molecule has 4 N–H and O–H groups in total. The van der Waals surface area contributed by atoms with E-state index in [2.05, 4.69) is 26.4 Å². The van der Waals surface area contributed by atoms with Gasteiger partial charge in [0, 0.05) is 25.8 Å². The molecule has 0 saturated carbocycles. The van der Waals surface area contributed by atoms with Crippen LogP contribution in [0.15, 0.2) is 36.5 Å². The molecule has 0 fully saturated rings. The van der Waals surface area contributed by atoms with Gasteiger partial charge < -0.3 is 26.0 Å². The zero-order valence-corrected chi connectivity index (χ0v) is 22.2. The fourth-order valence-electron chi connectivity index (χ4n) is 3.97. The molecule has 1 aromatic heterocycles. The number of aryl methyl sites for hydroxylation is 1. The first-order chi connectivity index (χ1) is 19.0. The van der Waals surface area contributed by atoms with Crippen LogP contribution in [-0.4, -0.2) is 65.2 Å². The van der Waals surface area contributed by atoms with Crippen molar-refractivity contribution in [2.24, 2.45) is 5.92 Å². The Bertz CT molecular complexity index is 1200. The number of hydrogen-bond donors (Lipinski definition) is 4. The zero-order valence-electron chi connectivity index (χ0n) is 22.2. The Kier molecular flexibility index (Phi) is 10.5. The van der Waals surface area contributed by atoms with Gasteiger partial charge in [-0.1, -0.05) is 26.0 Å². The second kappa shape index (κ2) is 13.8. The minimum Gasteiger partial charge on any atom is -0.493 e. The van der Waals surface area contributed by atoms with E-state index >= 15 is 0 Å². The largest absolute Gasteiger partial charge is 0.493 e. The summed E-state index contributed by atoms with van der Waals surface area (Å²) in [6, 6.07) is 5.13. The molecule has 3 rings (SSSR count). The van der Waals surface area contributed by atoms with Crippen molar-refractivity contribution in [2.75, 3.05) is 19.7 Å². The van der Waals surface area contributed by atoms with Crippen molar-refractivity contribution in [2.45, 2.75) is 57.9 Å². The van der Waals surface area contributed by atoms with Gasteiger partial charge >= 0.3 is 6.18 Å². The maximum Gasteiger partial charge on any atom is 0.435 e. The summed E-state index contributed by atoms with van der Waals surface area (Å²) in [7, 11) is 0. The molecule has 40 heavy (non-hydrogen) atoms. The van der Waals surface area contributed by atoms with E-state index in [-0.39, 0.29) is 49.3 Å². The summed E-state index contributed by atoms with van der Waals surface area (Å²) in [5, 5.41) is 14.0. The maximum absolute atomic E-state index is 13.1. The minimum absolute atomic E-state index is 0.0464. The lowest BCUT2D eigenvalue weighted by molar-refractivity contribution is -0.141. The molecule has 1 aromatic carbocycles. The van der Waals surface area contributed by atoms with E-state index in [1.807, 2.05) is 0 Å². The van der Waals surface area contributed by atoms with Gasteiger partial charge in [-0.15, -0.1) is 0 Å². The molecule has 0 saturated heterocycles. The van der Waals surface area contributed by atoms with Crippen molar-refractivity contribution in [3.05, 3.63) is 47.8 Å². The third-order valence-electron chi connectivity index (χ3n) is 6.08. The molecule has 0 bridgehead atoms. The van der Waals surface area contributed by atoms with E-state index in [0.717, 1.165) is 10.7 Å². The Morgan fingerprint density at radius 3 is 2.62 bits per heavy atom. The van der Waals surface area contributed by atoms with Gasteiger partial charge in [0.1, 0.15) is 17.8 Å². The first kappa shape index (κ1) is 30.4. The topological polar surface area (TPSA) is 143 Å². The third-order valence-corrected chi connectivity index (χ3v) is 6.08. The quantitative estimate of drug-likeness (QED) is 0.392. The van der Waals surface area contributed by atoms with Crippen LogP contribution < -0.4 is 26.0 Å². The van der Waals surface area contributed by atoms with Crippen molar-refractivity contribution in [1.29, 1.82) is 0 Å². The van der Waals surface area contributed by atoms with Gasteiger partial charge in [0.15, 0.2) is 5.69 Å². The highest BCUT2D eigenvalue weighted by molar-refractivity contribution is 6.01. The summed E-state index contributed by atoms with van der Waals surface area (Å²) >= 11 is 0. The highest BCUT2D eigenvalue weighted by atomic mass is 19.4. The summed E-state index contributed by atoms with van der Waals surface area (Å²) in [6.45, 7) is 4.19. The van der Waals surface area contributed by atoms with Gasteiger partial charge in [-0.05, 0) is 37.0 Å². The number of rotatable bonds is 6. The van der Waals surface area contributed by atoms with Crippen LogP contribution in [0.25, 0.3) is 0 Å². The number of para-hydroxylation sites is 1. The molecule has 14 heteroatoms. The number of fused-ring (bicyclic) bond motifs is 1. The number of ether oxygens (including phenoxy) is 1. The molecule has 1 aliphatic heterocycles. The fourth-order valence-corrected chi connectivity index (χ4v) is 3.97. The summed E-state index contributed by atoms with van der Waals surface area (Å²) in [5.41, 5.74) is -0.850. The fraction of sp³-hybridized carbons (Fsp3) is 0.500. The SMILES string of the molecule is CC(C)[C@H]1NC(=O)C[C@@H](C(=O)NCCCn2ccc(C(F)(F)F)n2)NC(=O)c2ccccc2OCCCNC1=O. The maximum atomic E-state index is 13.1. The van der Waals surface area contributed by atoms with E-state index < -0.39 is 48.1 Å². The number of nitrogens with zero attached hydrogens (tertiary/aromatic N) is 2. The normalized spacial score (nSPS) is 19.3. The van der Waals surface area contributed by atoms with Crippen LogP contribution in [0, 0.1) is 5.92 Å². The average Bonchev–Trinajstić information content (AvgIpc) is 3.38. The predicted molar refractivity (Wildman–Crippen MR) is 137 cm³/mol. The molecule has 2 atom stereocenters. The van der Waals surface area contributed by atoms with Crippen LogP contribution in [0.1, 0.15) is 49.2 Å².